The van der Waals surface area contributed by atoms with Crippen molar-refractivity contribution in [2.75, 3.05) is 11.5 Å². The molecule has 0 saturated carbocycles. The van der Waals surface area contributed by atoms with Gasteiger partial charge in [-0.1, -0.05) is 34.1 Å². The van der Waals surface area contributed by atoms with Crippen molar-refractivity contribution in [1.29, 1.82) is 0 Å². The van der Waals surface area contributed by atoms with E-state index >= 15 is 0 Å². The van der Waals surface area contributed by atoms with E-state index in [-0.39, 0.29) is 0 Å². The van der Waals surface area contributed by atoms with Crippen LogP contribution >= 0.6 is 27.7 Å². The monoisotopic (exact) mass is 299 g/mol. The van der Waals surface area contributed by atoms with E-state index in [0.717, 1.165) is 0 Å². The SMILES string of the molecule is C[C@@H](NC1CCCSC1)c1ccccc1Br. The van der Waals surface area contributed by atoms with E-state index in [4.69, 9.17) is 0 Å². The van der Waals surface area contributed by atoms with Crippen molar-refractivity contribution in [3.8, 4) is 0 Å². The molecule has 0 aliphatic carbocycles. The summed E-state index contributed by atoms with van der Waals surface area (Å²) in [5, 5.41) is 3.73. The Balaban J connectivity index is 1.96. The maximum Gasteiger partial charge on any atom is 0.0305 e. The standard InChI is InChI=1S/C13H18BrNS/c1-10(12-6-2-3-7-13(12)14)15-11-5-4-8-16-9-11/h2-3,6-7,10-11,15H,4-5,8-9H2,1H3/t10-,11?/m1/s1. The Kier molecular flexibility index (Phi) is 4.74. The Morgan fingerprint density at radius 2 is 2.25 bits per heavy atom. The van der Waals surface area contributed by atoms with Crippen LogP contribution in [0.15, 0.2) is 28.7 Å². The van der Waals surface area contributed by atoms with Gasteiger partial charge in [-0.25, -0.2) is 0 Å². The lowest BCUT2D eigenvalue weighted by Crippen LogP contribution is -2.35. The minimum Gasteiger partial charge on any atom is -0.307 e. The molecule has 1 unspecified atom stereocenters. The van der Waals surface area contributed by atoms with E-state index < -0.39 is 0 Å². The maximum atomic E-state index is 3.73. The average Bonchev–Trinajstić information content (AvgIpc) is 2.31. The van der Waals surface area contributed by atoms with Crippen LogP contribution < -0.4 is 5.32 Å². The lowest BCUT2D eigenvalue weighted by Gasteiger charge is -2.27. The van der Waals surface area contributed by atoms with Gasteiger partial charge < -0.3 is 5.32 Å². The number of halogens is 1. The molecule has 1 saturated heterocycles. The maximum absolute atomic E-state index is 3.73. The van der Waals surface area contributed by atoms with Crippen LogP contribution in [0.3, 0.4) is 0 Å². The Hall–Kier alpha value is 0.01000. The van der Waals surface area contributed by atoms with Crippen molar-refractivity contribution < 1.29 is 0 Å². The lowest BCUT2D eigenvalue weighted by atomic mass is 10.1. The molecule has 16 heavy (non-hydrogen) atoms. The first-order valence-electron chi connectivity index (χ1n) is 5.85. The third kappa shape index (κ3) is 3.25. The molecular weight excluding hydrogens is 282 g/mol. The fraction of sp³-hybridized carbons (Fsp3) is 0.538. The molecule has 88 valence electrons. The fourth-order valence-electron chi connectivity index (χ4n) is 2.14. The van der Waals surface area contributed by atoms with E-state index in [1.807, 2.05) is 0 Å². The normalized spacial score (nSPS) is 23.0. The summed E-state index contributed by atoms with van der Waals surface area (Å²) in [5.74, 6) is 2.59. The van der Waals surface area contributed by atoms with Gasteiger partial charge in [-0.15, -0.1) is 0 Å². The number of thioether (sulfide) groups is 1. The van der Waals surface area contributed by atoms with Crippen LogP contribution in [0.1, 0.15) is 31.4 Å². The number of hydrogen-bond donors (Lipinski definition) is 1. The minimum atomic E-state index is 0.430. The number of rotatable bonds is 3. The molecule has 1 N–H and O–H groups in total. The highest BCUT2D eigenvalue weighted by molar-refractivity contribution is 9.10. The van der Waals surface area contributed by atoms with Gasteiger partial charge in [0.05, 0.1) is 0 Å². The highest BCUT2D eigenvalue weighted by atomic mass is 79.9. The highest BCUT2D eigenvalue weighted by Crippen LogP contribution is 2.25. The second-order valence-corrected chi connectivity index (χ2v) is 6.33. The number of nitrogens with one attached hydrogen (secondary N) is 1. The van der Waals surface area contributed by atoms with Crippen LogP contribution in [0.4, 0.5) is 0 Å². The van der Waals surface area contributed by atoms with Crippen molar-refractivity contribution >= 4 is 27.7 Å². The zero-order valence-corrected chi connectivity index (χ0v) is 12.0. The molecule has 1 nitrogen and oxygen atoms in total. The van der Waals surface area contributed by atoms with Crippen LogP contribution in [-0.2, 0) is 0 Å². The molecule has 2 atom stereocenters. The topological polar surface area (TPSA) is 12.0 Å². The van der Waals surface area contributed by atoms with Crippen molar-refractivity contribution in [1.82, 2.24) is 5.32 Å². The second-order valence-electron chi connectivity index (χ2n) is 4.32. The molecule has 1 aromatic carbocycles. The quantitative estimate of drug-likeness (QED) is 0.905. The van der Waals surface area contributed by atoms with Gasteiger partial charge in [0, 0.05) is 22.3 Å². The molecule has 1 aromatic rings. The van der Waals surface area contributed by atoms with Crippen molar-refractivity contribution in [3.05, 3.63) is 34.3 Å². The van der Waals surface area contributed by atoms with Gasteiger partial charge in [-0.2, -0.15) is 11.8 Å². The number of hydrogen-bond acceptors (Lipinski definition) is 2. The van der Waals surface area contributed by atoms with Crippen molar-refractivity contribution in [2.24, 2.45) is 0 Å². The molecule has 0 aromatic heterocycles. The van der Waals surface area contributed by atoms with Crippen LogP contribution in [0.25, 0.3) is 0 Å². The largest absolute Gasteiger partial charge is 0.307 e. The minimum absolute atomic E-state index is 0.430. The first-order valence-corrected chi connectivity index (χ1v) is 7.80. The fourth-order valence-corrected chi connectivity index (χ4v) is 3.85. The van der Waals surface area contributed by atoms with Crippen molar-refractivity contribution in [3.63, 3.8) is 0 Å². The molecule has 0 bridgehead atoms. The van der Waals surface area contributed by atoms with Gasteiger partial charge in [0.2, 0.25) is 0 Å². The summed E-state index contributed by atoms with van der Waals surface area (Å²) in [6.45, 7) is 2.25. The summed E-state index contributed by atoms with van der Waals surface area (Å²) in [7, 11) is 0. The summed E-state index contributed by atoms with van der Waals surface area (Å²) in [5.41, 5.74) is 1.36. The van der Waals surface area contributed by atoms with Crippen LogP contribution in [0.2, 0.25) is 0 Å². The van der Waals surface area contributed by atoms with Crippen LogP contribution in [0, 0.1) is 0 Å². The molecule has 3 heteroatoms. The third-order valence-corrected chi connectivity index (χ3v) is 4.96. The molecule has 2 rings (SSSR count). The zero-order valence-electron chi connectivity index (χ0n) is 9.58. The Morgan fingerprint density at radius 1 is 1.44 bits per heavy atom. The van der Waals surface area contributed by atoms with Gasteiger partial charge in [0.1, 0.15) is 0 Å². The van der Waals surface area contributed by atoms with Gasteiger partial charge in [0.25, 0.3) is 0 Å². The van der Waals surface area contributed by atoms with Gasteiger partial charge in [-0.3, -0.25) is 0 Å². The Bertz CT molecular complexity index is 336. The smallest absolute Gasteiger partial charge is 0.0305 e. The summed E-state index contributed by atoms with van der Waals surface area (Å²) < 4.78 is 1.21. The highest BCUT2D eigenvalue weighted by Gasteiger charge is 2.17. The Labute approximate surface area is 111 Å². The lowest BCUT2D eigenvalue weighted by molar-refractivity contribution is 0.452. The summed E-state index contributed by atoms with van der Waals surface area (Å²) in [6.07, 6.45) is 2.67. The zero-order chi connectivity index (χ0) is 11.4. The van der Waals surface area contributed by atoms with E-state index in [9.17, 15) is 0 Å². The van der Waals surface area contributed by atoms with Gasteiger partial charge in [0.15, 0.2) is 0 Å². The Morgan fingerprint density at radius 3 is 2.94 bits per heavy atom. The molecular formula is C13H18BrNS. The second kappa shape index (κ2) is 6.08. The molecule has 1 fully saturated rings. The molecule has 1 aliphatic heterocycles. The van der Waals surface area contributed by atoms with Crippen molar-refractivity contribution in [2.45, 2.75) is 31.8 Å². The summed E-state index contributed by atoms with van der Waals surface area (Å²) in [6, 6.07) is 9.59. The van der Waals surface area contributed by atoms with E-state index in [1.165, 1.54) is 34.4 Å². The summed E-state index contributed by atoms with van der Waals surface area (Å²) in [4.78, 5) is 0. The predicted molar refractivity (Wildman–Crippen MR) is 76.0 cm³/mol. The summed E-state index contributed by atoms with van der Waals surface area (Å²) >= 11 is 5.69. The average molecular weight is 300 g/mol. The van der Waals surface area contributed by atoms with E-state index in [1.54, 1.807) is 0 Å². The first-order chi connectivity index (χ1) is 7.77. The third-order valence-electron chi connectivity index (χ3n) is 3.02. The van der Waals surface area contributed by atoms with Crippen LogP contribution in [0.5, 0.6) is 0 Å². The molecule has 1 heterocycles. The van der Waals surface area contributed by atoms with E-state index in [2.05, 4.69) is 64.2 Å². The molecule has 0 radical (unpaired) electrons. The predicted octanol–water partition coefficient (Wildman–Crippen LogP) is 4.00. The number of benzene rings is 1. The molecule has 0 spiro atoms. The van der Waals surface area contributed by atoms with Crippen LogP contribution in [-0.4, -0.2) is 17.5 Å². The van der Waals surface area contributed by atoms with Gasteiger partial charge in [-0.05, 0) is 37.1 Å². The molecule has 0 amide bonds. The van der Waals surface area contributed by atoms with E-state index in [0.29, 0.717) is 12.1 Å². The molecule has 1 aliphatic rings. The van der Waals surface area contributed by atoms with Gasteiger partial charge >= 0.3 is 0 Å². The first kappa shape index (κ1) is 12.5.